The lowest BCUT2D eigenvalue weighted by Crippen LogP contribution is -1.86. The Kier molecular flexibility index (Phi) is 5.34. The van der Waals surface area contributed by atoms with Crippen molar-refractivity contribution in [2.24, 2.45) is 5.90 Å². The summed E-state index contributed by atoms with van der Waals surface area (Å²) < 4.78 is 0. The normalized spacial score (nSPS) is 9.17. The summed E-state index contributed by atoms with van der Waals surface area (Å²) in [4.78, 5) is 0. The van der Waals surface area contributed by atoms with Crippen LogP contribution in [-0.4, -0.2) is 5.21 Å². The minimum absolute atomic E-state index is 0.653. The van der Waals surface area contributed by atoms with Gasteiger partial charge in [-0.3, -0.25) is 0 Å². The molecule has 0 heterocycles. The SMILES string of the molecule is Cc1cccc(C(C)C)c1.NO. The number of aryl methyl sites for hydroxylation is 1. The largest absolute Gasteiger partial charge is 0.320 e. The summed E-state index contributed by atoms with van der Waals surface area (Å²) in [5.74, 6) is 4.15. The first kappa shape index (κ1) is 11.1. The highest BCUT2D eigenvalue weighted by molar-refractivity contribution is 5.24. The molecule has 0 atom stereocenters. The van der Waals surface area contributed by atoms with E-state index >= 15 is 0 Å². The van der Waals surface area contributed by atoms with Crippen LogP contribution in [0, 0.1) is 6.92 Å². The lowest BCUT2D eigenvalue weighted by Gasteiger charge is -2.04. The van der Waals surface area contributed by atoms with Crippen molar-refractivity contribution in [3.63, 3.8) is 0 Å². The highest BCUT2D eigenvalue weighted by Gasteiger charge is 1.96. The molecule has 0 aliphatic carbocycles. The van der Waals surface area contributed by atoms with Crippen molar-refractivity contribution in [1.82, 2.24) is 0 Å². The second-order valence-corrected chi connectivity index (χ2v) is 3.07. The quantitative estimate of drug-likeness (QED) is 0.631. The molecule has 0 spiro atoms. The summed E-state index contributed by atoms with van der Waals surface area (Å²) >= 11 is 0. The average molecular weight is 167 g/mol. The van der Waals surface area contributed by atoms with Gasteiger partial charge in [-0.25, -0.2) is 5.90 Å². The first-order valence-corrected chi connectivity index (χ1v) is 4.02. The number of hydrogen-bond acceptors (Lipinski definition) is 2. The minimum atomic E-state index is 0.653. The Morgan fingerprint density at radius 1 is 1.25 bits per heavy atom. The molecular formula is C10H17NO. The van der Waals surface area contributed by atoms with Gasteiger partial charge in [0.15, 0.2) is 0 Å². The standard InChI is InChI=1S/C10H14.H3NO/c1-8(2)10-6-4-5-9(3)7-10;1-2/h4-8H,1-3H3;2H,1H2. The van der Waals surface area contributed by atoms with Gasteiger partial charge in [-0.15, -0.1) is 0 Å². The molecule has 0 fully saturated rings. The fourth-order valence-corrected chi connectivity index (χ4v) is 1.03. The molecule has 0 aromatic heterocycles. The molecule has 0 unspecified atom stereocenters. The summed E-state index contributed by atoms with van der Waals surface area (Å²) in [6.45, 7) is 6.56. The van der Waals surface area contributed by atoms with E-state index in [0.717, 1.165) is 0 Å². The van der Waals surface area contributed by atoms with Crippen LogP contribution in [0.4, 0.5) is 0 Å². The van der Waals surface area contributed by atoms with Gasteiger partial charge in [0.25, 0.3) is 0 Å². The maximum atomic E-state index is 6.50. The van der Waals surface area contributed by atoms with E-state index in [2.05, 4.69) is 50.9 Å². The summed E-state index contributed by atoms with van der Waals surface area (Å²) in [5.41, 5.74) is 2.78. The first-order chi connectivity index (χ1) is 5.70. The van der Waals surface area contributed by atoms with E-state index < -0.39 is 0 Å². The Bertz CT molecular complexity index is 221. The van der Waals surface area contributed by atoms with Gasteiger partial charge in [-0.1, -0.05) is 43.7 Å². The van der Waals surface area contributed by atoms with Crippen LogP contribution in [0.25, 0.3) is 0 Å². The summed E-state index contributed by atoms with van der Waals surface area (Å²) in [6, 6.07) is 8.67. The molecule has 1 aromatic carbocycles. The second kappa shape index (κ2) is 5.75. The van der Waals surface area contributed by atoms with E-state index in [1.807, 2.05) is 0 Å². The fourth-order valence-electron chi connectivity index (χ4n) is 1.03. The van der Waals surface area contributed by atoms with Crippen LogP contribution in [-0.2, 0) is 0 Å². The third kappa shape index (κ3) is 3.51. The lowest BCUT2D eigenvalue weighted by atomic mass is 10.0. The summed E-state index contributed by atoms with van der Waals surface area (Å²) in [7, 11) is 0. The lowest BCUT2D eigenvalue weighted by molar-refractivity contribution is 0.311. The Hall–Kier alpha value is -0.860. The van der Waals surface area contributed by atoms with Crippen LogP contribution in [0.5, 0.6) is 0 Å². The second-order valence-electron chi connectivity index (χ2n) is 3.07. The minimum Gasteiger partial charge on any atom is -0.320 e. The third-order valence-electron chi connectivity index (χ3n) is 1.71. The number of nitrogens with two attached hydrogens (primary N) is 1. The van der Waals surface area contributed by atoms with Crippen molar-refractivity contribution < 1.29 is 5.21 Å². The first-order valence-electron chi connectivity index (χ1n) is 4.02. The van der Waals surface area contributed by atoms with Crippen LogP contribution in [0.3, 0.4) is 0 Å². The Morgan fingerprint density at radius 3 is 2.17 bits per heavy atom. The van der Waals surface area contributed by atoms with Gasteiger partial charge >= 0.3 is 0 Å². The molecule has 2 heteroatoms. The van der Waals surface area contributed by atoms with Crippen LogP contribution >= 0.6 is 0 Å². The van der Waals surface area contributed by atoms with Crippen LogP contribution in [0.1, 0.15) is 30.9 Å². The van der Waals surface area contributed by atoms with Crippen LogP contribution in [0.2, 0.25) is 0 Å². The van der Waals surface area contributed by atoms with Crippen molar-refractivity contribution in [3.05, 3.63) is 35.4 Å². The molecule has 0 radical (unpaired) electrons. The van der Waals surface area contributed by atoms with Gasteiger partial charge in [-0.2, -0.15) is 0 Å². The van der Waals surface area contributed by atoms with Gasteiger partial charge in [0.05, 0.1) is 0 Å². The highest BCUT2D eigenvalue weighted by atomic mass is 16.4. The Labute approximate surface area is 74.0 Å². The molecule has 0 saturated carbocycles. The van der Waals surface area contributed by atoms with Gasteiger partial charge in [0.2, 0.25) is 0 Å². The van der Waals surface area contributed by atoms with Crippen LogP contribution < -0.4 is 5.90 Å². The van der Waals surface area contributed by atoms with Gasteiger partial charge < -0.3 is 5.21 Å². The van der Waals surface area contributed by atoms with E-state index in [-0.39, 0.29) is 0 Å². The van der Waals surface area contributed by atoms with E-state index in [0.29, 0.717) is 5.92 Å². The van der Waals surface area contributed by atoms with Crippen molar-refractivity contribution in [1.29, 1.82) is 0 Å². The molecule has 0 aliphatic heterocycles. The predicted octanol–water partition coefficient (Wildman–Crippen LogP) is 2.45. The Morgan fingerprint density at radius 2 is 1.83 bits per heavy atom. The molecule has 12 heavy (non-hydrogen) atoms. The van der Waals surface area contributed by atoms with Crippen molar-refractivity contribution in [2.75, 3.05) is 0 Å². The molecule has 0 aliphatic rings. The topological polar surface area (TPSA) is 46.2 Å². The monoisotopic (exact) mass is 167 g/mol. The van der Waals surface area contributed by atoms with Crippen molar-refractivity contribution >= 4 is 0 Å². The molecule has 0 bridgehead atoms. The molecular weight excluding hydrogens is 150 g/mol. The maximum absolute atomic E-state index is 6.50. The van der Waals surface area contributed by atoms with E-state index in [1.54, 1.807) is 0 Å². The fraction of sp³-hybridized carbons (Fsp3) is 0.400. The zero-order valence-electron chi connectivity index (χ0n) is 7.91. The smallest absolute Gasteiger partial charge is 0.0219 e. The van der Waals surface area contributed by atoms with E-state index in [9.17, 15) is 0 Å². The zero-order valence-corrected chi connectivity index (χ0v) is 7.91. The van der Waals surface area contributed by atoms with Gasteiger partial charge in [-0.05, 0) is 18.4 Å². The van der Waals surface area contributed by atoms with Gasteiger partial charge in [0.1, 0.15) is 0 Å². The number of benzene rings is 1. The predicted molar refractivity (Wildman–Crippen MR) is 51.2 cm³/mol. The van der Waals surface area contributed by atoms with Crippen molar-refractivity contribution in [2.45, 2.75) is 26.7 Å². The molecule has 2 nitrogen and oxygen atoms in total. The average Bonchev–Trinajstić information content (AvgIpc) is 2.08. The summed E-state index contributed by atoms with van der Waals surface area (Å²) in [6.07, 6.45) is 0. The molecule has 1 aromatic rings. The molecule has 68 valence electrons. The van der Waals surface area contributed by atoms with E-state index in [4.69, 9.17) is 5.21 Å². The highest BCUT2D eigenvalue weighted by Crippen LogP contribution is 2.14. The summed E-state index contributed by atoms with van der Waals surface area (Å²) in [5, 5.41) is 6.50. The van der Waals surface area contributed by atoms with Crippen molar-refractivity contribution in [3.8, 4) is 0 Å². The molecule has 1 rings (SSSR count). The van der Waals surface area contributed by atoms with E-state index in [1.165, 1.54) is 11.1 Å². The zero-order chi connectivity index (χ0) is 9.56. The number of hydrogen-bond donors (Lipinski definition) is 2. The Balaban J connectivity index is 0.000000561. The molecule has 0 amide bonds. The van der Waals surface area contributed by atoms with Crippen LogP contribution in [0.15, 0.2) is 24.3 Å². The third-order valence-corrected chi connectivity index (χ3v) is 1.71. The molecule has 3 N–H and O–H groups in total. The molecule has 0 saturated heterocycles. The maximum Gasteiger partial charge on any atom is -0.0219 e. The number of rotatable bonds is 1. The van der Waals surface area contributed by atoms with Gasteiger partial charge in [0, 0.05) is 0 Å².